The standard InChI is InChI=1S/C15H22N4S/c1-4-11-8-12-13(17-9(2)10-6-5-7-10)18-15(16-3)19-14(12)20-11/h8-10H,4-7H2,1-3H3,(H2,16,17,18,19). The quantitative estimate of drug-likeness (QED) is 0.877. The maximum atomic E-state index is 4.62. The molecule has 2 N–H and O–H groups in total. The molecule has 1 atom stereocenters. The summed E-state index contributed by atoms with van der Waals surface area (Å²) in [5.74, 6) is 2.47. The van der Waals surface area contributed by atoms with Gasteiger partial charge in [0.05, 0.1) is 5.39 Å². The first kappa shape index (κ1) is 13.6. The Kier molecular flexibility index (Phi) is 3.78. The molecule has 0 aromatic carbocycles. The van der Waals surface area contributed by atoms with E-state index in [1.807, 2.05) is 7.05 Å². The molecule has 108 valence electrons. The second kappa shape index (κ2) is 5.56. The van der Waals surface area contributed by atoms with E-state index >= 15 is 0 Å². The highest BCUT2D eigenvalue weighted by atomic mass is 32.1. The molecule has 5 heteroatoms. The molecule has 1 aliphatic rings. The maximum absolute atomic E-state index is 4.62. The van der Waals surface area contributed by atoms with Gasteiger partial charge in [0.1, 0.15) is 10.6 Å². The number of aromatic nitrogens is 2. The average Bonchev–Trinajstić information content (AvgIpc) is 2.79. The molecule has 1 unspecified atom stereocenters. The van der Waals surface area contributed by atoms with Gasteiger partial charge in [0.25, 0.3) is 0 Å². The Morgan fingerprint density at radius 1 is 1.40 bits per heavy atom. The van der Waals surface area contributed by atoms with Crippen LogP contribution in [-0.2, 0) is 6.42 Å². The number of aryl methyl sites for hydroxylation is 1. The largest absolute Gasteiger partial charge is 0.367 e. The van der Waals surface area contributed by atoms with Gasteiger partial charge in [-0.25, -0.2) is 4.98 Å². The van der Waals surface area contributed by atoms with Crippen LogP contribution in [0.2, 0.25) is 0 Å². The van der Waals surface area contributed by atoms with Gasteiger partial charge >= 0.3 is 0 Å². The molecular weight excluding hydrogens is 268 g/mol. The smallest absolute Gasteiger partial charge is 0.225 e. The summed E-state index contributed by atoms with van der Waals surface area (Å²) in [5.41, 5.74) is 0. The lowest BCUT2D eigenvalue weighted by atomic mass is 9.80. The number of nitrogens with zero attached hydrogens (tertiary/aromatic N) is 2. The van der Waals surface area contributed by atoms with E-state index in [0.29, 0.717) is 12.0 Å². The summed E-state index contributed by atoms with van der Waals surface area (Å²) in [6.07, 6.45) is 5.10. The normalized spacial score (nSPS) is 16.9. The minimum atomic E-state index is 0.483. The fourth-order valence-corrected chi connectivity index (χ4v) is 3.61. The number of thiophene rings is 1. The van der Waals surface area contributed by atoms with Gasteiger partial charge in [-0.05, 0) is 38.2 Å². The summed E-state index contributed by atoms with van der Waals surface area (Å²) >= 11 is 1.77. The Morgan fingerprint density at radius 2 is 2.20 bits per heavy atom. The van der Waals surface area contributed by atoms with Crippen molar-refractivity contribution in [1.29, 1.82) is 0 Å². The van der Waals surface area contributed by atoms with Crippen molar-refractivity contribution >= 4 is 33.3 Å². The van der Waals surface area contributed by atoms with Crippen molar-refractivity contribution in [2.45, 2.75) is 45.6 Å². The van der Waals surface area contributed by atoms with Crippen molar-refractivity contribution in [2.24, 2.45) is 5.92 Å². The van der Waals surface area contributed by atoms with Gasteiger partial charge in [-0.15, -0.1) is 11.3 Å². The molecule has 0 spiro atoms. The molecule has 0 bridgehead atoms. The summed E-state index contributed by atoms with van der Waals surface area (Å²) in [6.45, 7) is 4.45. The summed E-state index contributed by atoms with van der Waals surface area (Å²) in [5, 5.41) is 7.84. The second-order valence-electron chi connectivity index (χ2n) is 5.55. The summed E-state index contributed by atoms with van der Waals surface area (Å²) < 4.78 is 0. The van der Waals surface area contributed by atoms with Crippen LogP contribution in [0.1, 0.15) is 38.0 Å². The third kappa shape index (κ3) is 2.46. The molecule has 0 saturated heterocycles. The van der Waals surface area contributed by atoms with Crippen LogP contribution in [0.5, 0.6) is 0 Å². The zero-order valence-corrected chi connectivity index (χ0v) is 13.2. The molecule has 2 heterocycles. The van der Waals surface area contributed by atoms with Gasteiger partial charge < -0.3 is 10.6 Å². The molecule has 20 heavy (non-hydrogen) atoms. The maximum Gasteiger partial charge on any atom is 0.225 e. The summed E-state index contributed by atoms with van der Waals surface area (Å²) in [4.78, 5) is 11.6. The lowest BCUT2D eigenvalue weighted by molar-refractivity contribution is 0.285. The van der Waals surface area contributed by atoms with Crippen LogP contribution in [0, 0.1) is 5.92 Å². The Bertz CT molecular complexity index is 603. The zero-order valence-electron chi connectivity index (χ0n) is 12.4. The summed E-state index contributed by atoms with van der Waals surface area (Å²) in [6, 6.07) is 2.71. The monoisotopic (exact) mass is 290 g/mol. The molecule has 3 rings (SSSR count). The molecule has 0 aliphatic heterocycles. The average molecular weight is 290 g/mol. The number of hydrogen-bond donors (Lipinski definition) is 2. The Hall–Kier alpha value is -1.36. The Balaban J connectivity index is 1.95. The van der Waals surface area contributed by atoms with Crippen molar-refractivity contribution < 1.29 is 0 Å². The van der Waals surface area contributed by atoms with Crippen LogP contribution >= 0.6 is 11.3 Å². The van der Waals surface area contributed by atoms with Crippen molar-refractivity contribution in [3.05, 3.63) is 10.9 Å². The predicted octanol–water partition coefficient (Wildman–Crippen LogP) is 3.90. The van der Waals surface area contributed by atoms with E-state index in [1.54, 1.807) is 11.3 Å². The molecule has 2 aromatic rings. The van der Waals surface area contributed by atoms with Gasteiger partial charge in [0, 0.05) is 18.0 Å². The molecule has 2 aromatic heterocycles. The number of hydrogen-bond acceptors (Lipinski definition) is 5. The topological polar surface area (TPSA) is 49.8 Å². The minimum Gasteiger partial charge on any atom is -0.367 e. The van der Waals surface area contributed by atoms with Crippen molar-refractivity contribution in [2.75, 3.05) is 17.7 Å². The number of rotatable bonds is 5. The predicted molar refractivity (Wildman–Crippen MR) is 86.8 cm³/mol. The summed E-state index contributed by atoms with van der Waals surface area (Å²) in [7, 11) is 1.87. The number of anilines is 2. The van der Waals surface area contributed by atoms with Crippen molar-refractivity contribution in [1.82, 2.24) is 9.97 Å². The van der Waals surface area contributed by atoms with Gasteiger partial charge in [-0.1, -0.05) is 13.3 Å². The van der Waals surface area contributed by atoms with E-state index in [4.69, 9.17) is 0 Å². The van der Waals surface area contributed by atoms with Gasteiger partial charge in [0.15, 0.2) is 0 Å². The Morgan fingerprint density at radius 3 is 2.80 bits per heavy atom. The van der Waals surface area contributed by atoms with Crippen molar-refractivity contribution in [3.8, 4) is 0 Å². The first-order chi connectivity index (χ1) is 9.71. The first-order valence-electron chi connectivity index (χ1n) is 7.46. The van der Waals surface area contributed by atoms with E-state index in [2.05, 4.69) is 40.5 Å². The van der Waals surface area contributed by atoms with Crippen LogP contribution in [0.25, 0.3) is 10.2 Å². The van der Waals surface area contributed by atoms with Crippen LogP contribution in [0.15, 0.2) is 6.07 Å². The first-order valence-corrected chi connectivity index (χ1v) is 8.27. The molecule has 0 amide bonds. The second-order valence-corrected chi connectivity index (χ2v) is 6.67. The van der Waals surface area contributed by atoms with E-state index < -0.39 is 0 Å². The SMILES string of the molecule is CCc1cc2c(NC(C)C3CCC3)nc(NC)nc2s1. The van der Waals surface area contributed by atoms with Gasteiger partial charge in [-0.3, -0.25) is 0 Å². The van der Waals surface area contributed by atoms with Crippen LogP contribution in [-0.4, -0.2) is 23.1 Å². The lowest BCUT2D eigenvalue weighted by Crippen LogP contribution is -2.31. The van der Waals surface area contributed by atoms with Crippen molar-refractivity contribution in [3.63, 3.8) is 0 Å². The molecular formula is C15H22N4S. The van der Waals surface area contributed by atoms with E-state index in [1.165, 1.54) is 24.1 Å². The van der Waals surface area contributed by atoms with Crippen LogP contribution in [0.3, 0.4) is 0 Å². The molecule has 1 aliphatic carbocycles. The third-order valence-electron chi connectivity index (χ3n) is 4.24. The third-order valence-corrected chi connectivity index (χ3v) is 5.41. The zero-order chi connectivity index (χ0) is 14.1. The van der Waals surface area contributed by atoms with Crippen LogP contribution in [0.4, 0.5) is 11.8 Å². The van der Waals surface area contributed by atoms with Gasteiger partial charge in [-0.2, -0.15) is 4.98 Å². The lowest BCUT2D eigenvalue weighted by Gasteiger charge is -2.32. The fraction of sp³-hybridized carbons (Fsp3) is 0.600. The minimum absolute atomic E-state index is 0.483. The highest BCUT2D eigenvalue weighted by molar-refractivity contribution is 7.18. The molecule has 1 fully saturated rings. The molecule has 0 radical (unpaired) electrons. The number of nitrogens with one attached hydrogen (secondary N) is 2. The van der Waals surface area contributed by atoms with Gasteiger partial charge in [0.2, 0.25) is 5.95 Å². The van der Waals surface area contributed by atoms with Crippen LogP contribution < -0.4 is 10.6 Å². The van der Waals surface area contributed by atoms with E-state index in [9.17, 15) is 0 Å². The fourth-order valence-electron chi connectivity index (χ4n) is 2.64. The van der Waals surface area contributed by atoms with E-state index in [-0.39, 0.29) is 0 Å². The highest BCUT2D eigenvalue weighted by Gasteiger charge is 2.24. The highest BCUT2D eigenvalue weighted by Crippen LogP contribution is 2.34. The van der Waals surface area contributed by atoms with E-state index in [0.717, 1.165) is 28.4 Å². The molecule has 1 saturated carbocycles. The Labute approximate surface area is 124 Å². The molecule has 4 nitrogen and oxygen atoms in total. The number of fused-ring (bicyclic) bond motifs is 1.